The highest BCUT2D eigenvalue weighted by molar-refractivity contribution is 5.79. The number of aromatic nitrogens is 1. The number of hydrogen-bond donors (Lipinski definition) is 0. The van der Waals surface area contributed by atoms with Gasteiger partial charge in [0.05, 0.1) is 11.1 Å². The molecule has 0 radical (unpaired) electrons. The molecule has 1 aromatic heterocycles. The van der Waals surface area contributed by atoms with Gasteiger partial charge in [-0.25, -0.2) is 0 Å². The first-order valence-electron chi connectivity index (χ1n) is 5.81. The average Bonchev–Trinajstić information content (AvgIpc) is 2.45. The van der Waals surface area contributed by atoms with Crippen molar-refractivity contribution in [1.82, 2.24) is 4.98 Å². The van der Waals surface area contributed by atoms with Crippen LogP contribution in [0.4, 0.5) is 26.3 Å². The van der Waals surface area contributed by atoms with Gasteiger partial charge in [0.15, 0.2) is 0 Å². The third-order valence-electron chi connectivity index (χ3n) is 2.82. The van der Waals surface area contributed by atoms with Crippen LogP contribution in [0.15, 0.2) is 36.7 Å². The first-order valence-corrected chi connectivity index (χ1v) is 5.81. The van der Waals surface area contributed by atoms with Gasteiger partial charge >= 0.3 is 12.4 Å². The Kier molecular flexibility index (Phi) is 3.95. The van der Waals surface area contributed by atoms with Crippen molar-refractivity contribution < 1.29 is 31.1 Å². The molecule has 2 rings (SSSR count). The number of pyridine rings is 1. The summed E-state index contributed by atoms with van der Waals surface area (Å²) in [6.45, 7) is 0. The minimum atomic E-state index is -4.72. The van der Waals surface area contributed by atoms with E-state index < -0.39 is 23.5 Å². The lowest BCUT2D eigenvalue weighted by Gasteiger charge is -2.12. The van der Waals surface area contributed by atoms with E-state index in [1.807, 2.05) is 0 Å². The maximum absolute atomic E-state index is 12.8. The summed E-state index contributed by atoms with van der Waals surface area (Å²) in [5.74, 6) is 0. The van der Waals surface area contributed by atoms with Crippen LogP contribution < -0.4 is 0 Å². The Morgan fingerprint density at radius 1 is 0.773 bits per heavy atom. The maximum Gasteiger partial charge on any atom is 0.417 e. The van der Waals surface area contributed by atoms with Crippen LogP contribution in [0.5, 0.6) is 0 Å². The first-order chi connectivity index (χ1) is 10.1. The second-order valence-corrected chi connectivity index (χ2v) is 4.42. The molecule has 2 aromatic rings. The number of hydrogen-bond acceptors (Lipinski definition) is 2. The standard InChI is InChI=1S/C14H7F6NO/c15-13(16,17)11-2-8(7-22)1-9(3-11)10-4-12(6-21-5-10)14(18,19)20/h1-7H. The Morgan fingerprint density at radius 2 is 1.36 bits per heavy atom. The molecule has 0 bridgehead atoms. The third kappa shape index (κ3) is 3.44. The van der Waals surface area contributed by atoms with E-state index in [0.717, 1.165) is 12.3 Å². The Labute approximate surface area is 120 Å². The van der Waals surface area contributed by atoms with Crippen LogP contribution in [-0.2, 0) is 12.4 Å². The van der Waals surface area contributed by atoms with E-state index in [-0.39, 0.29) is 23.0 Å². The van der Waals surface area contributed by atoms with E-state index in [1.54, 1.807) is 0 Å². The highest BCUT2D eigenvalue weighted by atomic mass is 19.4. The summed E-state index contributed by atoms with van der Waals surface area (Å²) in [5.41, 5.74) is -2.83. The molecule has 1 aromatic carbocycles. The van der Waals surface area contributed by atoms with Crippen molar-refractivity contribution in [3.8, 4) is 11.1 Å². The molecule has 0 atom stereocenters. The molecule has 1 heterocycles. The molecule has 2 nitrogen and oxygen atoms in total. The number of carbonyl (C=O) groups is 1. The second-order valence-electron chi connectivity index (χ2n) is 4.42. The van der Waals surface area contributed by atoms with Gasteiger partial charge in [0.25, 0.3) is 0 Å². The number of carbonyl (C=O) groups excluding carboxylic acids is 1. The molecule has 0 saturated carbocycles. The molecule has 0 spiro atoms. The van der Waals surface area contributed by atoms with Crippen LogP contribution in [0, 0.1) is 0 Å². The molecule has 0 saturated heterocycles. The summed E-state index contributed by atoms with van der Waals surface area (Å²) < 4.78 is 76.1. The Hall–Kier alpha value is -2.38. The zero-order valence-corrected chi connectivity index (χ0v) is 10.7. The van der Waals surface area contributed by atoms with Crippen LogP contribution in [0.25, 0.3) is 11.1 Å². The minimum absolute atomic E-state index is 0.163. The van der Waals surface area contributed by atoms with E-state index in [9.17, 15) is 31.1 Å². The summed E-state index contributed by atoms with van der Waals surface area (Å²) in [7, 11) is 0. The van der Waals surface area contributed by atoms with Gasteiger partial charge in [-0.2, -0.15) is 26.3 Å². The van der Waals surface area contributed by atoms with E-state index >= 15 is 0 Å². The van der Waals surface area contributed by atoms with Crippen molar-refractivity contribution >= 4 is 6.29 Å². The lowest BCUT2D eigenvalue weighted by molar-refractivity contribution is -0.138. The zero-order chi connectivity index (χ0) is 16.5. The van der Waals surface area contributed by atoms with Gasteiger partial charge in [-0.3, -0.25) is 9.78 Å². The molecule has 116 valence electrons. The second kappa shape index (κ2) is 5.43. The molecule has 22 heavy (non-hydrogen) atoms. The van der Waals surface area contributed by atoms with Gasteiger partial charge in [0.1, 0.15) is 6.29 Å². The van der Waals surface area contributed by atoms with Crippen LogP contribution >= 0.6 is 0 Å². The van der Waals surface area contributed by atoms with Crippen molar-refractivity contribution in [3.63, 3.8) is 0 Å². The lowest BCUT2D eigenvalue weighted by Crippen LogP contribution is -2.07. The molecular weight excluding hydrogens is 312 g/mol. The number of halogens is 6. The average molecular weight is 319 g/mol. The van der Waals surface area contributed by atoms with E-state index in [0.29, 0.717) is 24.4 Å². The highest BCUT2D eigenvalue weighted by Crippen LogP contribution is 2.35. The highest BCUT2D eigenvalue weighted by Gasteiger charge is 2.33. The van der Waals surface area contributed by atoms with E-state index in [1.165, 1.54) is 0 Å². The maximum atomic E-state index is 12.8. The van der Waals surface area contributed by atoms with Crippen molar-refractivity contribution in [2.75, 3.05) is 0 Å². The lowest BCUT2D eigenvalue weighted by atomic mass is 10.00. The smallest absolute Gasteiger partial charge is 0.298 e. The zero-order valence-electron chi connectivity index (χ0n) is 10.7. The van der Waals surface area contributed by atoms with Crippen molar-refractivity contribution in [2.45, 2.75) is 12.4 Å². The van der Waals surface area contributed by atoms with Gasteiger partial charge in [-0.15, -0.1) is 0 Å². The molecule has 0 aliphatic carbocycles. The fourth-order valence-corrected chi connectivity index (χ4v) is 1.80. The van der Waals surface area contributed by atoms with Crippen LogP contribution in [0.2, 0.25) is 0 Å². The Balaban J connectivity index is 2.60. The predicted molar refractivity (Wildman–Crippen MR) is 65.1 cm³/mol. The quantitative estimate of drug-likeness (QED) is 0.598. The van der Waals surface area contributed by atoms with E-state index in [2.05, 4.69) is 4.98 Å². The Bertz CT molecular complexity index is 705. The molecule has 0 unspecified atom stereocenters. The molecule has 0 aliphatic heterocycles. The van der Waals surface area contributed by atoms with Gasteiger partial charge in [0, 0.05) is 23.5 Å². The molecular formula is C14H7F6NO. The molecule has 0 aliphatic rings. The first kappa shape index (κ1) is 16.0. The number of rotatable bonds is 2. The Morgan fingerprint density at radius 3 is 1.91 bits per heavy atom. The summed E-state index contributed by atoms with van der Waals surface area (Å²) in [5, 5.41) is 0. The van der Waals surface area contributed by atoms with E-state index in [4.69, 9.17) is 0 Å². The van der Waals surface area contributed by atoms with Crippen molar-refractivity contribution in [3.05, 3.63) is 53.3 Å². The fraction of sp³-hybridized carbons (Fsp3) is 0.143. The molecule has 0 N–H and O–H groups in total. The van der Waals surface area contributed by atoms with Crippen LogP contribution in [-0.4, -0.2) is 11.3 Å². The summed E-state index contributed by atoms with van der Waals surface area (Å²) in [4.78, 5) is 14.1. The normalized spacial score (nSPS) is 12.3. The number of nitrogens with zero attached hydrogens (tertiary/aromatic N) is 1. The van der Waals surface area contributed by atoms with Crippen molar-refractivity contribution in [1.29, 1.82) is 0 Å². The largest absolute Gasteiger partial charge is 0.417 e. The summed E-state index contributed by atoms with van der Waals surface area (Å²) >= 11 is 0. The number of aldehydes is 1. The SMILES string of the molecule is O=Cc1cc(-c2cncc(C(F)(F)F)c2)cc(C(F)(F)F)c1. The van der Waals surface area contributed by atoms with Gasteiger partial charge in [-0.1, -0.05) is 0 Å². The molecule has 0 fully saturated rings. The topological polar surface area (TPSA) is 30.0 Å². The number of alkyl halides is 6. The third-order valence-corrected chi connectivity index (χ3v) is 2.82. The minimum Gasteiger partial charge on any atom is -0.298 e. The van der Waals surface area contributed by atoms with Crippen molar-refractivity contribution in [2.24, 2.45) is 0 Å². The van der Waals surface area contributed by atoms with Crippen LogP contribution in [0.3, 0.4) is 0 Å². The van der Waals surface area contributed by atoms with Crippen LogP contribution in [0.1, 0.15) is 21.5 Å². The van der Waals surface area contributed by atoms with Gasteiger partial charge in [0.2, 0.25) is 0 Å². The fourth-order valence-electron chi connectivity index (χ4n) is 1.80. The summed E-state index contributed by atoms with van der Waals surface area (Å²) in [6, 6.07) is 3.04. The summed E-state index contributed by atoms with van der Waals surface area (Å²) in [6.07, 6.45) is -7.63. The molecule has 8 heteroatoms. The molecule has 0 amide bonds. The monoisotopic (exact) mass is 319 g/mol. The predicted octanol–water partition coefficient (Wildman–Crippen LogP) is 4.60. The number of benzene rings is 1. The van der Waals surface area contributed by atoms with Gasteiger partial charge < -0.3 is 0 Å². The van der Waals surface area contributed by atoms with Gasteiger partial charge in [-0.05, 0) is 29.8 Å².